The average Bonchev–Trinajstić information content (AvgIpc) is 2.75. The van der Waals surface area contributed by atoms with E-state index in [1.54, 1.807) is 7.11 Å². The van der Waals surface area contributed by atoms with E-state index in [9.17, 15) is 9.90 Å². The Morgan fingerprint density at radius 2 is 2.03 bits per heavy atom. The number of benzene rings is 1. The van der Waals surface area contributed by atoms with E-state index in [1.807, 2.05) is 25.1 Å². The van der Waals surface area contributed by atoms with Crippen molar-refractivity contribution in [2.24, 2.45) is 0 Å². The topological polar surface area (TPSA) is 120 Å². The first-order valence-corrected chi connectivity index (χ1v) is 10.6. The molecule has 1 unspecified atom stereocenters. The second-order valence-electron chi connectivity index (χ2n) is 7.57. The lowest BCUT2D eigenvalue weighted by Crippen LogP contribution is -2.23. The number of ether oxygens (including phenoxy) is 2. The van der Waals surface area contributed by atoms with E-state index in [1.165, 1.54) is 7.11 Å². The average molecular weight is 431 g/mol. The molecule has 8 heteroatoms. The van der Waals surface area contributed by atoms with Crippen molar-refractivity contribution in [3.63, 3.8) is 0 Å². The molecule has 1 aromatic heterocycles. The first-order chi connectivity index (χ1) is 14.9. The van der Waals surface area contributed by atoms with Crippen molar-refractivity contribution < 1.29 is 19.4 Å². The normalized spacial score (nSPS) is 11.8. The molecule has 0 saturated carbocycles. The van der Waals surface area contributed by atoms with Crippen molar-refractivity contribution in [3.05, 3.63) is 40.6 Å². The summed E-state index contributed by atoms with van der Waals surface area (Å²) in [5.74, 6) is 1.27. The number of carbonyl (C=O) groups excluding carboxylic acids is 1. The number of anilines is 2. The van der Waals surface area contributed by atoms with Gasteiger partial charge in [0.25, 0.3) is 0 Å². The van der Waals surface area contributed by atoms with Crippen molar-refractivity contribution in [2.75, 3.05) is 31.9 Å². The number of carbonyl (C=O) groups is 1. The van der Waals surface area contributed by atoms with E-state index in [-0.39, 0.29) is 31.0 Å². The molecule has 1 atom stereocenters. The van der Waals surface area contributed by atoms with Gasteiger partial charge in [0.1, 0.15) is 11.6 Å². The highest BCUT2D eigenvalue weighted by Crippen LogP contribution is 2.28. The predicted octanol–water partition coefficient (Wildman–Crippen LogP) is 3.04. The van der Waals surface area contributed by atoms with Gasteiger partial charge in [0.15, 0.2) is 0 Å². The molecule has 0 aliphatic rings. The van der Waals surface area contributed by atoms with Crippen LogP contribution in [0.3, 0.4) is 0 Å². The number of aliphatic hydroxyl groups is 1. The molecule has 2 aromatic rings. The summed E-state index contributed by atoms with van der Waals surface area (Å²) in [7, 11) is 2.98. The zero-order valence-corrected chi connectivity index (χ0v) is 18.9. The van der Waals surface area contributed by atoms with Gasteiger partial charge in [-0.05, 0) is 37.0 Å². The van der Waals surface area contributed by atoms with Gasteiger partial charge in [0.05, 0.1) is 20.6 Å². The van der Waals surface area contributed by atoms with Crippen molar-refractivity contribution in [1.29, 1.82) is 0 Å². The maximum atomic E-state index is 11.6. The lowest BCUT2D eigenvalue weighted by atomic mass is 9.99. The number of methoxy groups -OCH3 is 2. The summed E-state index contributed by atoms with van der Waals surface area (Å²) in [6, 6.07) is 5.79. The van der Waals surface area contributed by atoms with Gasteiger partial charge in [-0.2, -0.15) is 4.98 Å². The number of aliphatic hydroxyl groups excluding tert-OH is 1. The highest BCUT2D eigenvalue weighted by molar-refractivity contribution is 5.72. The fraction of sp³-hybridized carbons (Fsp3) is 0.522. The van der Waals surface area contributed by atoms with Crippen molar-refractivity contribution in [2.45, 2.75) is 58.4 Å². The first kappa shape index (κ1) is 24.4. The van der Waals surface area contributed by atoms with Gasteiger partial charge in [-0.3, -0.25) is 4.79 Å². The Kier molecular flexibility index (Phi) is 9.52. The van der Waals surface area contributed by atoms with E-state index in [2.05, 4.69) is 22.2 Å². The third-order valence-electron chi connectivity index (χ3n) is 5.25. The van der Waals surface area contributed by atoms with Crippen LogP contribution in [0.2, 0.25) is 0 Å². The quantitative estimate of drug-likeness (QED) is 0.440. The Morgan fingerprint density at radius 1 is 1.26 bits per heavy atom. The highest BCUT2D eigenvalue weighted by Gasteiger charge is 2.18. The van der Waals surface area contributed by atoms with Crippen LogP contribution in [0.25, 0.3) is 0 Å². The number of nitrogens with two attached hydrogens (primary N) is 1. The van der Waals surface area contributed by atoms with Crippen molar-refractivity contribution >= 4 is 17.7 Å². The summed E-state index contributed by atoms with van der Waals surface area (Å²) in [5.41, 5.74) is 9.40. The van der Waals surface area contributed by atoms with Gasteiger partial charge in [-0.1, -0.05) is 31.9 Å². The van der Waals surface area contributed by atoms with Crippen LogP contribution in [0, 0.1) is 6.92 Å². The second-order valence-corrected chi connectivity index (χ2v) is 7.57. The van der Waals surface area contributed by atoms with Crippen molar-refractivity contribution in [3.8, 4) is 5.75 Å². The van der Waals surface area contributed by atoms with Gasteiger partial charge in [0.2, 0.25) is 5.95 Å². The molecule has 0 fully saturated rings. The molecular weight excluding hydrogens is 396 g/mol. The van der Waals surface area contributed by atoms with E-state index in [0.29, 0.717) is 24.4 Å². The van der Waals surface area contributed by atoms with Gasteiger partial charge < -0.3 is 25.6 Å². The third kappa shape index (κ3) is 7.10. The zero-order valence-electron chi connectivity index (χ0n) is 18.9. The lowest BCUT2D eigenvalue weighted by Gasteiger charge is -2.22. The van der Waals surface area contributed by atoms with Crippen molar-refractivity contribution in [1.82, 2.24) is 9.97 Å². The van der Waals surface area contributed by atoms with Gasteiger partial charge in [-0.15, -0.1) is 0 Å². The van der Waals surface area contributed by atoms with E-state index in [4.69, 9.17) is 15.2 Å². The van der Waals surface area contributed by atoms with E-state index < -0.39 is 0 Å². The molecule has 170 valence electrons. The predicted molar refractivity (Wildman–Crippen MR) is 121 cm³/mol. The SMILES string of the molecule is CCCCC(CCO)Nc1nc(N)nc(C)c1Cc1ccc(CC(=O)OC)cc1OC. The minimum atomic E-state index is -0.300. The van der Waals surface area contributed by atoms with Crippen LogP contribution in [0.15, 0.2) is 18.2 Å². The number of nitrogen functional groups attached to an aromatic ring is 1. The molecule has 0 radical (unpaired) electrons. The smallest absolute Gasteiger partial charge is 0.309 e. The Bertz CT molecular complexity index is 873. The van der Waals surface area contributed by atoms with Crippen LogP contribution in [0.4, 0.5) is 11.8 Å². The zero-order chi connectivity index (χ0) is 22.8. The molecular formula is C23H34N4O4. The Hall–Kier alpha value is -2.87. The number of nitrogens with one attached hydrogen (secondary N) is 1. The Morgan fingerprint density at radius 3 is 2.68 bits per heavy atom. The largest absolute Gasteiger partial charge is 0.496 e. The second kappa shape index (κ2) is 12.1. The molecule has 0 aliphatic carbocycles. The lowest BCUT2D eigenvalue weighted by molar-refractivity contribution is -0.139. The van der Waals surface area contributed by atoms with E-state index in [0.717, 1.165) is 41.6 Å². The summed E-state index contributed by atoms with van der Waals surface area (Å²) < 4.78 is 10.3. The summed E-state index contributed by atoms with van der Waals surface area (Å²) in [5, 5.41) is 12.9. The molecule has 0 saturated heterocycles. The molecule has 8 nitrogen and oxygen atoms in total. The van der Waals surface area contributed by atoms with Gasteiger partial charge >= 0.3 is 5.97 Å². The molecule has 0 spiro atoms. The molecule has 1 aromatic carbocycles. The number of hydrogen-bond acceptors (Lipinski definition) is 8. The maximum absolute atomic E-state index is 11.6. The standard InChI is InChI=1S/C23H34N4O4/c1-5-6-7-18(10-11-28)26-22-19(15(2)25-23(24)27-22)14-17-9-8-16(12-20(17)30-3)13-21(29)31-4/h8-9,12,18,28H,5-7,10-11,13-14H2,1-4H3,(H3,24,25,26,27). The summed E-state index contributed by atoms with van der Waals surface area (Å²) in [6.07, 6.45) is 4.43. The molecule has 0 aliphatic heterocycles. The molecule has 0 bridgehead atoms. The van der Waals surface area contributed by atoms with E-state index >= 15 is 0 Å². The number of nitrogens with zero attached hydrogens (tertiary/aromatic N) is 2. The fourth-order valence-corrected chi connectivity index (χ4v) is 3.51. The third-order valence-corrected chi connectivity index (χ3v) is 5.25. The maximum Gasteiger partial charge on any atom is 0.309 e. The van der Waals surface area contributed by atoms with Crippen LogP contribution in [0.1, 0.15) is 55.0 Å². The number of rotatable bonds is 12. The van der Waals surface area contributed by atoms with Crippen LogP contribution in [-0.2, 0) is 22.4 Å². The number of unbranched alkanes of at least 4 members (excludes halogenated alkanes) is 1. The van der Waals surface area contributed by atoms with Crippen LogP contribution in [-0.4, -0.2) is 47.9 Å². The van der Waals surface area contributed by atoms with Gasteiger partial charge in [0, 0.05) is 30.3 Å². The molecule has 1 heterocycles. The summed E-state index contributed by atoms with van der Waals surface area (Å²) >= 11 is 0. The minimum absolute atomic E-state index is 0.0988. The number of esters is 1. The summed E-state index contributed by atoms with van der Waals surface area (Å²) in [6.45, 7) is 4.15. The molecule has 31 heavy (non-hydrogen) atoms. The number of hydrogen-bond donors (Lipinski definition) is 3. The summed E-state index contributed by atoms with van der Waals surface area (Å²) in [4.78, 5) is 20.4. The monoisotopic (exact) mass is 430 g/mol. The van der Waals surface area contributed by atoms with Crippen LogP contribution < -0.4 is 15.8 Å². The molecule has 2 rings (SSSR count). The Balaban J connectivity index is 2.34. The molecule has 0 amide bonds. The first-order valence-electron chi connectivity index (χ1n) is 10.6. The Labute approximate surface area is 184 Å². The minimum Gasteiger partial charge on any atom is -0.496 e. The highest BCUT2D eigenvalue weighted by atomic mass is 16.5. The van der Waals surface area contributed by atoms with Crippen LogP contribution >= 0.6 is 0 Å². The van der Waals surface area contributed by atoms with Crippen LogP contribution in [0.5, 0.6) is 5.75 Å². The van der Waals surface area contributed by atoms with Gasteiger partial charge in [-0.25, -0.2) is 4.98 Å². The molecule has 4 N–H and O–H groups in total. The number of aromatic nitrogens is 2. The fourth-order valence-electron chi connectivity index (χ4n) is 3.51. The number of aryl methyl sites for hydroxylation is 1.